The minimum atomic E-state index is -1.27. The van der Waals surface area contributed by atoms with E-state index in [2.05, 4.69) is 0 Å². The van der Waals surface area contributed by atoms with E-state index >= 15 is 0 Å². The molecule has 2 rings (SSSR count). The summed E-state index contributed by atoms with van der Waals surface area (Å²) in [5, 5.41) is 0. The molecule has 0 spiro atoms. The fraction of sp³-hybridized carbons (Fsp3) is 0.500. The minimum absolute atomic E-state index is 0.120. The van der Waals surface area contributed by atoms with E-state index in [9.17, 15) is 9.59 Å². The van der Waals surface area contributed by atoms with Gasteiger partial charge in [-0.3, -0.25) is 4.79 Å². The third-order valence-electron chi connectivity index (χ3n) is 2.98. The summed E-state index contributed by atoms with van der Waals surface area (Å²) in [6, 6.07) is 0. The van der Waals surface area contributed by atoms with E-state index in [1.54, 1.807) is 11.0 Å². The number of amides is 1. The van der Waals surface area contributed by atoms with Crippen molar-refractivity contribution >= 4 is 35.4 Å². The van der Waals surface area contributed by atoms with Gasteiger partial charge in [0.15, 0.2) is 0 Å². The Balaban J connectivity index is 2.14. The summed E-state index contributed by atoms with van der Waals surface area (Å²) in [7, 11) is 0. The Kier molecular flexibility index (Phi) is 4.10. The molecular formula is C12H13Cl2NO3. The van der Waals surface area contributed by atoms with Gasteiger partial charge in [0, 0.05) is 18.7 Å². The number of morpholine rings is 1. The fourth-order valence-electron chi connectivity index (χ4n) is 1.89. The maximum atomic E-state index is 12.2. The summed E-state index contributed by atoms with van der Waals surface area (Å²) in [5.74, 6) is -0.823. The van der Waals surface area contributed by atoms with Crippen LogP contribution in [0.1, 0.15) is 0 Å². The number of alkyl halides is 2. The lowest BCUT2D eigenvalue weighted by Gasteiger charge is -2.29. The molecule has 1 atom stereocenters. The highest BCUT2D eigenvalue weighted by Crippen LogP contribution is 2.36. The normalized spacial score (nSPS) is 26.7. The first kappa shape index (κ1) is 13.6. The monoisotopic (exact) mass is 289 g/mol. The van der Waals surface area contributed by atoms with Crippen molar-refractivity contribution in [2.24, 2.45) is 5.92 Å². The molecule has 1 unspecified atom stereocenters. The Morgan fingerprint density at radius 1 is 1.44 bits per heavy atom. The van der Waals surface area contributed by atoms with Crippen LogP contribution in [0, 0.1) is 5.92 Å². The summed E-state index contributed by atoms with van der Waals surface area (Å²) in [6.45, 7) is 2.19. The lowest BCUT2D eigenvalue weighted by molar-refractivity contribution is -0.130. The summed E-state index contributed by atoms with van der Waals surface area (Å²) in [5.41, 5.74) is 0.450. The van der Waals surface area contributed by atoms with Crippen LogP contribution in [0.25, 0.3) is 0 Å². The van der Waals surface area contributed by atoms with Crippen LogP contribution < -0.4 is 0 Å². The molecular weight excluding hydrogens is 277 g/mol. The van der Waals surface area contributed by atoms with Gasteiger partial charge in [-0.2, -0.15) is 0 Å². The van der Waals surface area contributed by atoms with Gasteiger partial charge in [-0.1, -0.05) is 35.4 Å². The predicted molar refractivity (Wildman–Crippen MR) is 68.6 cm³/mol. The highest BCUT2D eigenvalue weighted by molar-refractivity contribution is 6.51. The molecule has 0 aromatic heterocycles. The zero-order valence-electron chi connectivity index (χ0n) is 9.64. The topological polar surface area (TPSA) is 46.6 Å². The minimum Gasteiger partial charge on any atom is -0.378 e. The lowest BCUT2D eigenvalue weighted by atomic mass is 9.95. The average molecular weight is 290 g/mol. The number of ether oxygens (including phenoxy) is 1. The first-order chi connectivity index (χ1) is 8.54. The molecule has 1 saturated heterocycles. The summed E-state index contributed by atoms with van der Waals surface area (Å²) >= 11 is 11.9. The van der Waals surface area contributed by atoms with Gasteiger partial charge in [-0.15, -0.1) is 0 Å². The molecule has 0 aromatic carbocycles. The van der Waals surface area contributed by atoms with E-state index in [1.807, 2.05) is 0 Å². The SMILES string of the molecule is O=CC1C=C(C(=O)N2CCOCC2)C=CC1(Cl)Cl. The van der Waals surface area contributed by atoms with Crippen molar-refractivity contribution in [1.29, 1.82) is 0 Å². The molecule has 4 nitrogen and oxygen atoms in total. The van der Waals surface area contributed by atoms with Crippen LogP contribution in [-0.4, -0.2) is 47.7 Å². The average Bonchev–Trinajstić information content (AvgIpc) is 2.39. The summed E-state index contributed by atoms with van der Waals surface area (Å²) in [6.07, 6.45) is 5.21. The maximum Gasteiger partial charge on any atom is 0.253 e. The van der Waals surface area contributed by atoms with Crippen molar-refractivity contribution in [3.8, 4) is 0 Å². The summed E-state index contributed by atoms with van der Waals surface area (Å²) in [4.78, 5) is 24.8. The van der Waals surface area contributed by atoms with Gasteiger partial charge in [-0.05, 0) is 6.08 Å². The first-order valence-electron chi connectivity index (χ1n) is 5.66. The standard InChI is InChI=1S/C12H13Cl2NO3/c13-12(14)2-1-9(7-10(12)8-16)11(17)15-3-5-18-6-4-15/h1-2,7-8,10H,3-6H2. The molecule has 6 heteroatoms. The van der Waals surface area contributed by atoms with E-state index in [-0.39, 0.29) is 5.91 Å². The number of carbonyl (C=O) groups is 2. The highest BCUT2D eigenvalue weighted by Gasteiger charge is 2.35. The molecule has 1 heterocycles. The Bertz CT molecular complexity index is 412. The number of carbonyl (C=O) groups excluding carboxylic acids is 2. The number of aldehydes is 1. The zero-order chi connectivity index (χ0) is 13.2. The van der Waals surface area contributed by atoms with Crippen LogP contribution in [0.5, 0.6) is 0 Å². The van der Waals surface area contributed by atoms with Gasteiger partial charge >= 0.3 is 0 Å². The zero-order valence-corrected chi connectivity index (χ0v) is 11.2. The maximum absolute atomic E-state index is 12.2. The molecule has 0 aromatic rings. The number of hydrogen-bond acceptors (Lipinski definition) is 3. The Morgan fingerprint density at radius 2 is 2.11 bits per heavy atom. The van der Waals surface area contributed by atoms with Crippen LogP contribution >= 0.6 is 23.2 Å². The number of halogens is 2. The second-order valence-corrected chi connectivity index (χ2v) is 5.64. The summed E-state index contributed by atoms with van der Waals surface area (Å²) < 4.78 is 3.92. The van der Waals surface area contributed by atoms with Crippen LogP contribution in [-0.2, 0) is 14.3 Å². The second kappa shape index (κ2) is 5.43. The van der Waals surface area contributed by atoms with E-state index in [4.69, 9.17) is 27.9 Å². The molecule has 2 aliphatic rings. The molecule has 0 N–H and O–H groups in total. The second-order valence-electron chi connectivity index (χ2n) is 4.20. The van der Waals surface area contributed by atoms with Gasteiger partial charge in [0.1, 0.15) is 10.6 Å². The molecule has 98 valence electrons. The Labute approximate surface area is 115 Å². The Morgan fingerprint density at radius 3 is 2.72 bits per heavy atom. The van der Waals surface area contributed by atoms with Gasteiger partial charge < -0.3 is 14.4 Å². The third-order valence-corrected chi connectivity index (χ3v) is 3.74. The highest BCUT2D eigenvalue weighted by atomic mass is 35.5. The van der Waals surface area contributed by atoms with Crippen molar-refractivity contribution in [3.63, 3.8) is 0 Å². The van der Waals surface area contributed by atoms with Gasteiger partial charge in [0.05, 0.1) is 19.1 Å². The number of rotatable bonds is 2. The van der Waals surface area contributed by atoms with E-state index in [1.165, 1.54) is 12.2 Å². The van der Waals surface area contributed by atoms with E-state index in [0.717, 1.165) is 0 Å². The number of hydrogen-bond donors (Lipinski definition) is 0. The number of allylic oxidation sites excluding steroid dienone is 2. The van der Waals surface area contributed by atoms with Crippen molar-refractivity contribution in [1.82, 2.24) is 4.90 Å². The van der Waals surface area contributed by atoms with Crippen LogP contribution in [0.4, 0.5) is 0 Å². The third kappa shape index (κ3) is 2.76. The van der Waals surface area contributed by atoms with E-state index < -0.39 is 10.3 Å². The molecule has 18 heavy (non-hydrogen) atoms. The Hall–Kier alpha value is -0.840. The quantitative estimate of drug-likeness (QED) is 0.569. The van der Waals surface area contributed by atoms with Crippen LogP contribution in [0.3, 0.4) is 0 Å². The first-order valence-corrected chi connectivity index (χ1v) is 6.41. The molecule has 1 fully saturated rings. The van der Waals surface area contributed by atoms with Gasteiger partial charge in [0.25, 0.3) is 5.91 Å². The lowest BCUT2D eigenvalue weighted by Crippen LogP contribution is -2.42. The molecule has 1 aliphatic carbocycles. The van der Waals surface area contributed by atoms with Crippen LogP contribution in [0.15, 0.2) is 23.8 Å². The van der Waals surface area contributed by atoms with Crippen molar-refractivity contribution in [2.75, 3.05) is 26.3 Å². The molecule has 0 bridgehead atoms. The smallest absolute Gasteiger partial charge is 0.253 e. The fourth-order valence-corrected chi connectivity index (χ4v) is 2.25. The van der Waals surface area contributed by atoms with Crippen molar-refractivity contribution in [2.45, 2.75) is 4.33 Å². The molecule has 1 aliphatic heterocycles. The van der Waals surface area contributed by atoms with Gasteiger partial charge in [0.2, 0.25) is 0 Å². The van der Waals surface area contributed by atoms with Crippen molar-refractivity contribution < 1.29 is 14.3 Å². The largest absolute Gasteiger partial charge is 0.378 e. The molecule has 0 saturated carbocycles. The van der Waals surface area contributed by atoms with Crippen LogP contribution in [0.2, 0.25) is 0 Å². The van der Waals surface area contributed by atoms with Crippen molar-refractivity contribution in [3.05, 3.63) is 23.8 Å². The van der Waals surface area contributed by atoms with E-state index in [0.29, 0.717) is 38.2 Å². The molecule has 1 amide bonds. The molecule has 0 radical (unpaired) electrons. The number of nitrogens with zero attached hydrogens (tertiary/aromatic N) is 1. The predicted octanol–water partition coefficient (Wildman–Crippen LogP) is 1.33. The van der Waals surface area contributed by atoms with Gasteiger partial charge in [-0.25, -0.2) is 0 Å².